The van der Waals surface area contributed by atoms with E-state index in [1.54, 1.807) is 0 Å². The summed E-state index contributed by atoms with van der Waals surface area (Å²) in [6, 6.07) is 0.634. The van der Waals surface area contributed by atoms with Crippen LogP contribution in [0, 0.1) is 5.92 Å². The molecule has 2 aliphatic rings. The molecule has 15 heavy (non-hydrogen) atoms. The normalized spacial score (nSPS) is 33.8. The van der Waals surface area contributed by atoms with Gasteiger partial charge in [0.1, 0.15) is 0 Å². The smallest absolute Gasteiger partial charge is 0.378 e. The van der Waals surface area contributed by atoms with Gasteiger partial charge in [-0.1, -0.05) is 0 Å². The molecule has 1 saturated heterocycles. The average Bonchev–Trinajstić information content (AvgIpc) is 2.11. The lowest BCUT2D eigenvalue weighted by Gasteiger charge is -2.35. The summed E-state index contributed by atoms with van der Waals surface area (Å²) < 4.78 is 42.1. The summed E-state index contributed by atoms with van der Waals surface area (Å²) in [5, 5.41) is 3.33. The molecule has 1 N–H and O–H groups in total. The van der Waals surface area contributed by atoms with Crippen LogP contribution in [0.1, 0.15) is 25.7 Å². The topological polar surface area (TPSA) is 21.3 Å². The fourth-order valence-corrected chi connectivity index (χ4v) is 2.25. The summed E-state index contributed by atoms with van der Waals surface area (Å²) >= 11 is 0. The Morgan fingerprint density at radius 2 is 1.53 bits per heavy atom. The Morgan fingerprint density at radius 1 is 0.933 bits per heavy atom. The van der Waals surface area contributed by atoms with Gasteiger partial charge >= 0.3 is 6.18 Å². The fourth-order valence-electron chi connectivity index (χ4n) is 2.25. The van der Waals surface area contributed by atoms with Crippen molar-refractivity contribution in [3.05, 3.63) is 0 Å². The quantitative estimate of drug-likeness (QED) is 0.774. The highest BCUT2D eigenvalue weighted by molar-refractivity contribution is 4.84. The molecule has 1 saturated carbocycles. The molecule has 0 spiro atoms. The Hall–Kier alpha value is -0.290. The molecule has 0 aromatic heterocycles. The zero-order chi connectivity index (χ0) is 10.9. The Balaban J connectivity index is 1.71. The lowest BCUT2D eigenvalue weighted by Crippen LogP contribution is -2.51. The van der Waals surface area contributed by atoms with Gasteiger partial charge in [0, 0.05) is 6.04 Å². The molecule has 1 aliphatic heterocycles. The van der Waals surface area contributed by atoms with E-state index in [0.29, 0.717) is 32.1 Å². The van der Waals surface area contributed by atoms with Crippen LogP contribution >= 0.6 is 0 Å². The van der Waals surface area contributed by atoms with E-state index in [1.165, 1.54) is 0 Å². The zero-order valence-electron chi connectivity index (χ0n) is 8.52. The minimum absolute atomic E-state index is 0.262. The average molecular weight is 223 g/mol. The van der Waals surface area contributed by atoms with Gasteiger partial charge in [-0.25, -0.2) is 0 Å². The predicted octanol–water partition coefficient (Wildman–Crippen LogP) is 2.10. The molecule has 1 aliphatic carbocycles. The van der Waals surface area contributed by atoms with Gasteiger partial charge < -0.3 is 10.1 Å². The summed E-state index contributed by atoms with van der Waals surface area (Å²) in [7, 11) is 0. The van der Waals surface area contributed by atoms with Crippen molar-refractivity contribution in [1.29, 1.82) is 0 Å². The Morgan fingerprint density at radius 3 is 1.93 bits per heavy atom. The maximum atomic E-state index is 12.4. The number of nitrogens with one attached hydrogen (secondary N) is 1. The number of alkyl halides is 3. The van der Waals surface area contributed by atoms with Gasteiger partial charge in [0.15, 0.2) is 0 Å². The van der Waals surface area contributed by atoms with Crippen LogP contribution in [0.25, 0.3) is 0 Å². The second-order valence-electron chi connectivity index (χ2n) is 4.49. The van der Waals surface area contributed by atoms with Crippen LogP contribution in [0.3, 0.4) is 0 Å². The van der Waals surface area contributed by atoms with Crippen molar-refractivity contribution in [2.75, 3.05) is 13.2 Å². The Kier molecular flexibility index (Phi) is 3.21. The van der Waals surface area contributed by atoms with Gasteiger partial charge in [-0.3, -0.25) is 0 Å². The van der Waals surface area contributed by atoms with E-state index in [9.17, 15) is 13.2 Å². The highest BCUT2D eigenvalue weighted by Crippen LogP contribution is 2.37. The van der Waals surface area contributed by atoms with Crippen LogP contribution in [0.15, 0.2) is 0 Å². The molecule has 0 aromatic carbocycles. The molecule has 0 aromatic rings. The first-order chi connectivity index (χ1) is 7.05. The van der Waals surface area contributed by atoms with Crippen molar-refractivity contribution in [3.63, 3.8) is 0 Å². The standard InChI is InChI=1S/C10H16F3NO/c11-10(12,13)7-1-3-8(4-2-7)14-9-5-15-6-9/h7-9,14H,1-6H2. The van der Waals surface area contributed by atoms with Crippen molar-refractivity contribution in [2.45, 2.75) is 43.9 Å². The highest BCUT2D eigenvalue weighted by Gasteiger charge is 2.41. The SMILES string of the molecule is FC(F)(F)C1CCC(NC2COC2)CC1. The van der Waals surface area contributed by atoms with Gasteiger partial charge in [0.2, 0.25) is 0 Å². The zero-order valence-corrected chi connectivity index (χ0v) is 8.52. The lowest BCUT2D eigenvalue weighted by molar-refractivity contribution is -0.183. The molecule has 88 valence electrons. The first-order valence-corrected chi connectivity index (χ1v) is 5.46. The van der Waals surface area contributed by atoms with Crippen molar-refractivity contribution in [1.82, 2.24) is 5.32 Å². The van der Waals surface area contributed by atoms with Crippen molar-refractivity contribution in [3.8, 4) is 0 Å². The molecule has 0 unspecified atom stereocenters. The van der Waals surface area contributed by atoms with Crippen molar-refractivity contribution in [2.24, 2.45) is 5.92 Å². The Bertz CT molecular complexity index is 207. The van der Waals surface area contributed by atoms with Crippen LogP contribution in [0.2, 0.25) is 0 Å². The van der Waals surface area contributed by atoms with E-state index in [1.807, 2.05) is 0 Å². The van der Waals surface area contributed by atoms with Crippen molar-refractivity contribution >= 4 is 0 Å². The first kappa shape index (κ1) is 11.2. The minimum atomic E-state index is -4.00. The maximum Gasteiger partial charge on any atom is 0.391 e. The molecular formula is C10H16F3NO. The molecule has 2 nitrogen and oxygen atoms in total. The lowest BCUT2D eigenvalue weighted by atomic mass is 9.85. The molecule has 1 heterocycles. The largest absolute Gasteiger partial charge is 0.391 e. The molecular weight excluding hydrogens is 207 g/mol. The van der Waals surface area contributed by atoms with Crippen LogP contribution in [0.4, 0.5) is 13.2 Å². The summed E-state index contributed by atoms with van der Waals surface area (Å²) in [5.41, 5.74) is 0. The predicted molar refractivity (Wildman–Crippen MR) is 49.5 cm³/mol. The summed E-state index contributed by atoms with van der Waals surface area (Å²) in [4.78, 5) is 0. The Labute approximate surface area is 87.2 Å². The van der Waals surface area contributed by atoms with Gasteiger partial charge in [0.05, 0.1) is 25.2 Å². The van der Waals surface area contributed by atoms with E-state index in [0.717, 1.165) is 0 Å². The van der Waals surface area contributed by atoms with E-state index in [4.69, 9.17) is 4.74 Å². The second-order valence-corrected chi connectivity index (χ2v) is 4.49. The van der Waals surface area contributed by atoms with Gasteiger partial charge in [0.25, 0.3) is 0 Å². The minimum Gasteiger partial charge on any atom is -0.378 e. The third-order valence-corrected chi connectivity index (χ3v) is 3.30. The number of halogens is 3. The van der Waals surface area contributed by atoms with Crippen LogP contribution in [-0.2, 0) is 4.74 Å². The number of rotatable bonds is 2. The molecule has 0 amide bonds. The van der Waals surface area contributed by atoms with Gasteiger partial charge in [-0.15, -0.1) is 0 Å². The number of hydrogen-bond donors (Lipinski definition) is 1. The summed E-state index contributed by atoms with van der Waals surface area (Å²) in [6.07, 6.45) is -2.17. The van der Waals surface area contributed by atoms with Gasteiger partial charge in [-0.05, 0) is 25.7 Å². The highest BCUT2D eigenvalue weighted by atomic mass is 19.4. The molecule has 2 fully saturated rings. The van der Waals surface area contributed by atoms with Crippen LogP contribution in [-0.4, -0.2) is 31.5 Å². The third kappa shape index (κ3) is 2.84. The van der Waals surface area contributed by atoms with E-state index < -0.39 is 12.1 Å². The first-order valence-electron chi connectivity index (χ1n) is 5.46. The van der Waals surface area contributed by atoms with Gasteiger partial charge in [-0.2, -0.15) is 13.2 Å². The van der Waals surface area contributed by atoms with Crippen LogP contribution in [0.5, 0.6) is 0 Å². The maximum absolute atomic E-state index is 12.4. The van der Waals surface area contributed by atoms with Crippen molar-refractivity contribution < 1.29 is 17.9 Å². The molecule has 2 rings (SSSR count). The van der Waals surface area contributed by atoms with E-state index in [-0.39, 0.29) is 18.9 Å². The number of ether oxygens (including phenoxy) is 1. The molecule has 0 radical (unpaired) electrons. The molecule has 0 atom stereocenters. The fraction of sp³-hybridized carbons (Fsp3) is 1.00. The monoisotopic (exact) mass is 223 g/mol. The van der Waals surface area contributed by atoms with Crippen LogP contribution < -0.4 is 5.32 Å². The second kappa shape index (κ2) is 4.29. The van der Waals surface area contributed by atoms with E-state index in [2.05, 4.69) is 5.32 Å². The number of hydrogen-bond acceptors (Lipinski definition) is 2. The van der Waals surface area contributed by atoms with E-state index >= 15 is 0 Å². The molecule has 5 heteroatoms. The summed E-state index contributed by atoms with van der Waals surface area (Å²) in [6.45, 7) is 1.42. The molecule has 0 bridgehead atoms. The summed E-state index contributed by atoms with van der Waals surface area (Å²) in [5.74, 6) is -1.08. The third-order valence-electron chi connectivity index (χ3n) is 3.30.